The second-order valence-corrected chi connectivity index (χ2v) is 6.06. The van der Waals surface area contributed by atoms with E-state index in [9.17, 15) is 0 Å². The third-order valence-electron chi connectivity index (χ3n) is 4.80. The molecule has 0 radical (unpaired) electrons. The van der Waals surface area contributed by atoms with Crippen molar-refractivity contribution in [3.05, 3.63) is 18.2 Å². The summed E-state index contributed by atoms with van der Waals surface area (Å²) in [6.07, 6.45) is 6.54. The number of nitrogens with one attached hydrogen (secondary N) is 1. The van der Waals surface area contributed by atoms with Gasteiger partial charge in [-0.3, -0.25) is 0 Å². The molecule has 4 nitrogen and oxygen atoms in total. The summed E-state index contributed by atoms with van der Waals surface area (Å²) in [4.78, 5) is 2.58. The summed E-state index contributed by atoms with van der Waals surface area (Å²) >= 11 is 0. The molecule has 3 rings (SSSR count). The van der Waals surface area contributed by atoms with Crippen LogP contribution in [-0.2, 0) is 0 Å². The Morgan fingerprint density at radius 3 is 2.42 bits per heavy atom. The van der Waals surface area contributed by atoms with Gasteiger partial charge in [-0.15, -0.1) is 0 Å². The molecule has 19 heavy (non-hydrogen) atoms. The number of anilines is 3. The number of rotatable bonds is 2. The predicted octanol–water partition coefficient (Wildman–Crippen LogP) is 2.28. The maximum absolute atomic E-state index is 5.87. The van der Waals surface area contributed by atoms with Crippen molar-refractivity contribution in [2.45, 2.75) is 50.2 Å². The summed E-state index contributed by atoms with van der Waals surface area (Å²) in [5, 5.41) is 3.64. The fraction of sp³-hybridized carbons (Fsp3) is 0.600. The van der Waals surface area contributed by atoms with Crippen molar-refractivity contribution < 1.29 is 0 Å². The quantitative estimate of drug-likeness (QED) is 0.714. The Morgan fingerprint density at radius 1 is 1.11 bits per heavy atom. The number of fused-ring (bicyclic) bond motifs is 2. The highest BCUT2D eigenvalue weighted by Crippen LogP contribution is 2.34. The van der Waals surface area contributed by atoms with Crippen LogP contribution in [0.1, 0.15) is 32.1 Å². The molecule has 2 heterocycles. The summed E-state index contributed by atoms with van der Waals surface area (Å²) in [6.45, 7) is 0. The molecule has 2 bridgehead atoms. The van der Waals surface area contributed by atoms with Crippen LogP contribution in [0.3, 0.4) is 0 Å². The molecular formula is C15H24N4. The van der Waals surface area contributed by atoms with E-state index in [4.69, 9.17) is 11.5 Å². The fourth-order valence-corrected chi connectivity index (χ4v) is 3.63. The molecule has 0 spiro atoms. The largest absolute Gasteiger partial charge is 0.397 e. The molecule has 104 valence electrons. The Morgan fingerprint density at radius 2 is 1.79 bits per heavy atom. The van der Waals surface area contributed by atoms with Crippen LogP contribution in [0.25, 0.3) is 0 Å². The van der Waals surface area contributed by atoms with E-state index in [0.29, 0.717) is 17.4 Å². The van der Waals surface area contributed by atoms with Gasteiger partial charge in [0.05, 0.1) is 11.4 Å². The summed E-state index contributed by atoms with van der Waals surface area (Å²) in [6, 6.07) is 7.92. The van der Waals surface area contributed by atoms with Crippen molar-refractivity contribution in [3.63, 3.8) is 0 Å². The van der Waals surface area contributed by atoms with E-state index < -0.39 is 0 Å². The van der Waals surface area contributed by atoms with Crippen molar-refractivity contribution in [2.24, 2.45) is 0 Å². The summed E-state index contributed by atoms with van der Waals surface area (Å²) in [5.41, 5.74) is 14.0. The van der Waals surface area contributed by atoms with Crippen LogP contribution < -0.4 is 16.8 Å². The monoisotopic (exact) mass is 260 g/mol. The van der Waals surface area contributed by atoms with Crippen molar-refractivity contribution in [1.29, 1.82) is 0 Å². The third-order valence-corrected chi connectivity index (χ3v) is 4.80. The van der Waals surface area contributed by atoms with Crippen LogP contribution >= 0.6 is 0 Å². The highest BCUT2D eigenvalue weighted by molar-refractivity contribution is 5.69. The lowest BCUT2D eigenvalue weighted by molar-refractivity contribution is 0.0608. The normalized spacial score (nSPS) is 31.1. The number of hydrogen-bond acceptors (Lipinski definition) is 4. The smallest absolute Gasteiger partial charge is 0.0568 e. The molecule has 0 aliphatic carbocycles. The zero-order valence-corrected chi connectivity index (χ0v) is 11.6. The average molecular weight is 260 g/mol. The predicted molar refractivity (Wildman–Crippen MR) is 81.1 cm³/mol. The average Bonchev–Trinajstić information content (AvgIpc) is 2.35. The minimum atomic E-state index is 0.564. The standard InChI is InChI=1S/C15H24N4/c1-19-12-3-2-4-13(19)8-11(7-12)18-10-5-6-14(16)15(17)9-10/h5-6,9,11-13,18H,2-4,7-8,16-17H2,1H3. The van der Waals surface area contributed by atoms with Crippen molar-refractivity contribution in [2.75, 3.05) is 23.8 Å². The summed E-state index contributed by atoms with van der Waals surface area (Å²) in [7, 11) is 2.28. The number of nitrogens with zero attached hydrogens (tertiary/aromatic N) is 1. The Bertz CT molecular complexity index is 445. The number of hydrogen-bond donors (Lipinski definition) is 3. The number of piperidine rings is 2. The molecular weight excluding hydrogens is 236 g/mol. The van der Waals surface area contributed by atoms with Gasteiger partial charge in [-0.2, -0.15) is 0 Å². The van der Waals surface area contributed by atoms with Crippen molar-refractivity contribution in [3.8, 4) is 0 Å². The highest BCUT2D eigenvalue weighted by atomic mass is 15.2. The lowest BCUT2D eigenvalue weighted by Gasteiger charge is -2.47. The first-order valence-corrected chi connectivity index (χ1v) is 7.27. The topological polar surface area (TPSA) is 67.3 Å². The number of nitrogens with two attached hydrogens (primary N) is 2. The maximum Gasteiger partial charge on any atom is 0.0568 e. The Hall–Kier alpha value is -1.42. The molecule has 0 amide bonds. The molecule has 2 aliphatic heterocycles. The van der Waals surface area contributed by atoms with Crippen LogP contribution in [-0.4, -0.2) is 30.1 Å². The Balaban J connectivity index is 1.69. The first-order valence-electron chi connectivity index (χ1n) is 7.27. The van der Waals surface area contributed by atoms with E-state index >= 15 is 0 Å². The van der Waals surface area contributed by atoms with Crippen LogP contribution in [0.5, 0.6) is 0 Å². The van der Waals surface area contributed by atoms with Gasteiger partial charge >= 0.3 is 0 Å². The zero-order chi connectivity index (χ0) is 13.4. The first-order chi connectivity index (χ1) is 9.13. The van der Waals surface area contributed by atoms with E-state index in [1.165, 1.54) is 32.1 Å². The van der Waals surface area contributed by atoms with Crippen LogP contribution in [0.4, 0.5) is 17.1 Å². The minimum absolute atomic E-state index is 0.564. The van der Waals surface area contributed by atoms with E-state index in [2.05, 4.69) is 17.3 Å². The molecule has 2 aliphatic rings. The summed E-state index contributed by atoms with van der Waals surface area (Å²) < 4.78 is 0. The van der Waals surface area contributed by atoms with Gasteiger partial charge in [-0.25, -0.2) is 0 Å². The maximum atomic E-state index is 5.87. The van der Waals surface area contributed by atoms with Gasteiger partial charge in [-0.1, -0.05) is 6.42 Å². The molecule has 5 N–H and O–H groups in total. The van der Waals surface area contributed by atoms with Gasteiger partial charge in [0.2, 0.25) is 0 Å². The van der Waals surface area contributed by atoms with E-state index in [1.807, 2.05) is 18.2 Å². The van der Waals surface area contributed by atoms with Gasteiger partial charge in [0.25, 0.3) is 0 Å². The molecule has 2 fully saturated rings. The Kier molecular flexibility index (Phi) is 3.27. The molecule has 0 aromatic heterocycles. The van der Waals surface area contributed by atoms with Crippen molar-refractivity contribution in [1.82, 2.24) is 4.90 Å². The van der Waals surface area contributed by atoms with E-state index in [0.717, 1.165) is 17.8 Å². The van der Waals surface area contributed by atoms with Gasteiger partial charge in [0, 0.05) is 23.8 Å². The number of nitrogen functional groups attached to an aromatic ring is 2. The van der Waals surface area contributed by atoms with Gasteiger partial charge in [0.15, 0.2) is 0 Å². The van der Waals surface area contributed by atoms with Gasteiger partial charge in [0.1, 0.15) is 0 Å². The molecule has 1 aromatic carbocycles. The van der Waals surface area contributed by atoms with E-state index in [1.54, 1.807) is 0 Å². The molecule has 2 atom stereocenters. The minimum Gasteiger partial charge on any atom is -0.397 e. The van der Waals surface area contributed by atoms with Gasteiger partial charge < -0.3 is 21.7 Å². The third kappa shape index (κ3) is 2.50. The SMILES string of the molecule is CN1C2CCCC1CC(Nc1ccc(N)c(N)c1)C2. The number of benzene rings is 1. The second-order valence-electron chi connectivity index (χ2n) is 6.06. The van der Waals surface area contributed by atoms with Crippen LogP contribution in [0, 0.1) is 0 Å². The van der Waals surface area contributed by atoms with Gasteiger partial charge in [-0.05, 0) is 50.9 Å². The lowest BCUT2D eigenvalue weighted by atomic mass is 9.82. The summed E-state index contributed by atoms with van der Waals surface area (Å²) in [5.74, 6) is 0. The molecule has 2 unspecified atom stereocenters. The lowest BCUT2D eigenvalue weighted by Crippen LogP contribution is -2.52. The van der Waals surface area contributed by atoms with Crippen molar-refractivity contribution >= 4 is 17.1 Å². The molecule has 1 aromatic rings. The molecule has 4 heteroatoms. The molecule has 0 saturated carbocycles. The van der Waals surface area contributed by atoms with Crippen LogP contribution in [0.15, 0.2) is 18.2 Å². The zero-order valence-electron chi connectivity index (χ0n) is 11.6. The molecule has 2 saturated heterocycles. The highest BCUT2D eigenvalue weighted by Gasteiger charge is 2.35. The first kappa shape index (κ1) is 12.6. The van der Waals surface area contributed by atoms with Crippen LogP contribution in [0.2, 0.25) is 0 Å². The fourth-order valence-electron chi connectivity index (χ4n) is 3.63. The Labute approximate surface area is 115 Å². The second kappa shape index (κ2) is 4.93. The van der Waals surface area contributed by atoms with E-state index in [-0.39, 0.29) is 0 Å².